The van der Waals surface area contributed by atoms with E-state index in [1.54, 1.807) is 18.2 Å². The average Bonchev–Trinajstić information content (AvgIpc) is 3.09. The van der Waals surface area contributed by atoms with Crippen LogP contribution in [-0.2, 0) is 16.0 Å². The van der Waals surface area contributed by atoms with Gasteiger partial charge in [-0.05, 0) is 41.5 Å². The highest BCUT2D eigenvalue weighted by molar-refractivity contribution is 7.22. The molecule has 34 heavy (non-hydrogen) atoms. The molecule has 0 spiro atoms. The largest absolute Gasteiger partial charge is 0.573 e. The van der Waals surface area contributed by atoms with Crippen molar-refractivity contribution in [3.05, 3.63) is 47.7 Å². The molecule has 1 aliphatic rings. The molecule has 2 amide bonds. The summed E-state index contributed by atoms with van der Waals surface area (Å²) in [5, 5.41) is 2.77. The molecule has 0 bridgehead atoms. The Hall–Kier alpha value is -3.80. The van der Waals surface area contributed by atoms with Crippen LogP contribution < -0.4 is 19.5 Å². The predicted octanol–water partition coefficient (Wildman–Crippen LogP) is 4.21. The number of hydrogen-bond donors (Lipinski definition) is 1. The van der Waals surface area contributed by atoms with Crippen LogP contribution in [0.15, 0.2) is 36.5 Å². The predicted molar refractivity (Wildman–Crippen MR) is 119 cm³/mol. The maximum absolute atomic E-state index is 12.7. The number of hydrogen-bond acceptors (Lipinski definition) is 7. The molecular weight excluding hydrogens is 475 g/mol. The van der Waals surface area contributed by atoms with Gasteiger partial charge in [-0.25, -0.2) is 4.98 Å². The van der Waals surface area contributed by atoms with Gasteiger partial charge in [0.15, 0.2) is 16.6 Å². The number of carbonyl (C=O) groups is 2. The van der Waals surface area contributed by atoms with Crippen LogP contribution in [0.2, 0.25) is 0 Å². The van der Waals surface area contributed by atoms with Crippen molar-refractivity contribution in [3.63, 3.8) is 0 Å². The number of benzene rings is 2. The summed E-state index contributed by atoms with van der Waals surface area (Å²) in [7, 11) is 3.01. The van der Waals surface area contributed by atoms with Crippen LogP contribution in [0.25, 0.3) is 16.3 Å². The average molecular weight is 493 g/mol. The van der Waals surface area contributed by atoms with E-state index in [-0.39, 0.29) is 29.8 Å². The molecule has 1 aliphatic heterocycles. The van der Waals surface area contributed by atoms with E-state index < -0.39 is 12.3 Å². The van der Waals surface area contributed by atoms with Gasteiger partial charge in [0, 0.05) is 12.3 Å². The van der Waals surface area contributed by atoms with Gasteiger partial charge in [0.05, 0.1) is 30.9 Å². The van der Waals surface area contributed by atoms with Gasteiger partial charge in [0.2, 0.25) is 11.8 Å². The number of anilines is 1. The van der Waals surface area contributed by atoms with Crippen LogP contribution in [0.5, 0.6) is 17.2 Å². The second-order valence-corrected chi connectivity index (χ2v) is 8.20. The monoisotopic (exact) mass is 493 g/mol. The summed E-state index contributed by atoms with van der Waals surface area (Å²) in [5.74, 6) is -0.173. The zero-order valence-electron chi connectivity index (χ0n) is 17.9. The van der Waals surface area contributed by atoms with Crippen molar-refractivity contribution in [1.82, 2.24) is 9.88 Å². The third-order valence-electron chi connectivity index (χ3n) is 4.90. The molecule has 0 aliphatic carbocycles. The number of fused-ring (bicyclic) bond motifs is 2. The number of amides is 2. The standard InChI is InChI=1S/C22H18F3N3O5S/c1-31-16-7-12-5-6-28(20(30)9-13(12)8-17(16)32-2)11-19(29)27-21-26-15-4-3-14(10-18(15)34-21)33-22(23,24)25/h3-8,10H,9,11H2,1-2H3,(H,26,27,29). The molecule has 0 saturated heterocycles. The number of halogens is 3. The van der Waals surface area contributed by atoms with Gasteiger partial charge in [0.1, 0.15) is 12.3 Å². The number of carbonyl (C=O) groups excluding carboxylic acids is 2. The normalized spacial score (nSPS) is 13.4. The molecule has 0 radical (unpaired) electrons. The first-order chi connectivity index (χ1) is 16.1. The molecule has 1 aromatic heterocycles. The van der Waals surface area contributed by atoms with Crippen molar-refractivity contribution in [2.45, 2.75) is 12.8 Å². The van der Waals surface area contributed by atoms with Crippen LogP contribution in [0.4, 0.5) is 18.3 Å². The number of methoxy groups -OCH3 is 2. The third kappa shape index (κ3) is 5.22. The molecule has 0 unspecified atom stereocenters. The number of nitrogens with zero attached hydrogens (tertiary/aromatic N) is 2. The first-order valence-corrected chi connectivity index (χ1v) is 10.7. The Labute approximate surface area is 195 Å². The lowest BCUT2D eigenvalue weighted by Gasteiger charge is -2.16. The van der Waals surface area contributed by atoms with E-state index in [2.05, 4.69) is 15.0 Å². The van der Waals surface area contributed by atoms with Gasteiger partial charge in [-0.3, -0.25) is 9.59 Å². The number of alkyl halides is 3. The quantitative estimate of drug-likeness (QED) is 0.554. The van der Waals surface area contributed by atoms with E-state index in [1.165, 1.54) is 37.5 Å². The number of nitrogens with one attached hydrogen (secondary N) is 1. The van der Waals surface area contributed by atoms with E-state index in [4.69, 9.17) is 9.47 Å². The van der Waals surface area contributed by atoms with E-state index in [9.17, 15) is 22.8 Å². The van der Waals surface area contributed by atoms with Gasteiger partial charge in [0.25, 0.3) is 0 Å². The summed E-state index contributed by atoms with van der Waals surface area (Å²) in [6.45, 7) is -0.268. The Balaban J connectivity index is 1.45. The number of rotatable bonds is 6. The summed E-state index contributed by atoms with van der Waals surface area (Å²) in [6.07, 6.45) is -1.54. The Bertz CT molecular complexity index is 1290. The number of thiazole rings is 1. The molecule has 0 fully saturated rings. The van der Waals surface area contributed by atoms with Gasteiger partial charge in [-0.1, -0.05) is 11.3 Å². The summed E-state index contributed by atoms with van der Waals surface area (Å²) < 4.78 is 52.2. The minimum absolute atomic E-state index is 0.0547. The van der Waals surface area contributed by atoms with Crippen molar-refractivity contribution in [1.29, 1.82) is 0 Å². The molecule has 12 heteroatoms. The van der Waals surface area contributed by atoms with Crippen molar-refractivity contribution in [2.24, 2.45) is 0 Å². The molecule has 4 rings (SSSR count). The molecule has 8 nitrogen and oxygen atoms in total. The smallest absolute Gasteiger partial charge is 0.493 e. The van der Waals surface area contributed by atoms with Crippen molar-refractivity contribution >= 4 is 44.6 Å². The Morgan fingerprint density at radius 1 is 1.18 bits per heavy atom. The van der Waals surface area contributed by atoms with Crippen molar-refractivity contribution < 1.29 is 37.0 Å². The molecule has 0 atom stereocenters. The fraction of sp³-hybridized carbons (Fsp3) is 0.227. The highest BCUT2D eigenvalue weighted by Gasteiger charge is 2.31. The Kier molecular flexibility index (Phi) is 6.33. The van der Waals surface area contributed by atoms with Crippen LogP contribution in [0.3, 0.4) is 0 Å². The lowest BCUT2D eigenvalue weighted by atomic mass is 10.0. The van der Waals surface area contributed by atoms with Crippen LogP contribution in [-0.4, -0.2) is 48.8 Å². The maximum atomic E-state index is 12.7. The molecule has 2 heterocycles. The summed E-state index contributed by atoms with van der Waals surface area (Å²) in [4.78, 5) is 30.7. The van der Waals surface area contributed by atoms with Crippen LogP contribution in [0, 0.1) is 0 Å². The van der Waals surface area contributed by atoms with Gasteiger partial charge in [-0.2, -0.15) is 0 Å². The van der Waals surface area contributed by atoms with Crippen molar-refractivity contribution in [2.75, 3.05) is 26.1 Å². The third-order valence-corrected chi connectivity index (χ3v) is 5.83. The molecule has 3 aromatic rings. The minimum atomic E-state index is -4.81. The van der Waals surface area contributed by atoms with Gasteiger partial charge >= 0.3 is 6.36 Å². The SMILES string of the molecule is COc1cc2c(cc1OC)CC(=O)N(CC(=O)Nc1nc3ccc(OC(F)(F)F)cc3s1)C=C2. The van der Waals surface area contributed by atoms with E-state index >= 15 is 0 Å². The van der Waals surface area contributed by atoms with Crippen LogP contribution in [0.1, 0.15) is 11.1 Å². The second kappa shape index (κ2) is 9.21. The highest BCUT2D eigenvalue weighted by atomic mass is 32.1. The molecule has 1 N–H and O–H groups in total. The van der Waals surface area contributed by atoms with Crippen LogP contribution >= 0.6 is 11.3 Å². The van der Waals surface area contributed by atoms with E-state index in [0.29, 0.717) is 21.7 Å². The first-order valence-electron chi connectivity index (χ1n) is 9.84. The topological polar surface area (TPSA) is 90.0 Å². The zero-order valence-corrected chi connectivity index (χ0v) is 18.7. The molecule has 178 valence electrons. The van der Waals surface area contributed by atoms with E-state index in [0.717, 1.165) is 28.5 Å². The first kappa shape index (κ1) is 23.4. The fourth-order valence-electron chi connectivity index (χ4n) is 3.37. The summed E-state index contributed by atoms with van der Waals surface area (Å²) >= 11 is 0.991. The maximum Gasteiger partial charge on any atom is 0.573 e. The van der Waals surface area contributed by atoms with Crippen molar-refractivity contribution in [3.8, 4) is 17.2 Å². The molecular formula is C22H18F3N3O5S. The minimum Gasteiger partial charge on any atom is -0.493 e. The molecule has 0 saturated carbocycles. The fourth-order valence-corrected chi connectivity index (χ4v) is 4.28. The van der Waals surface area contributed by atoms with E-state index in [1.807, 2.05) is 0 Å². The lowest BCUT2D eigenvalue weighted by Crippen LogP contribution is -2.34. The van der Waals surface area contributed by atoms with Gasteiger partial charge < -0.3 is 24.4 Å². The van der Waals surface area contributed by atoms with Gasteiger partial charge in [-0.15, -0.1) is 13.2 Å². The zero-order chi connectivity index (χ0) is 24.5. The Morgan fingerprint density at radius 2 is 1.91 bits per heavy atom. The second-order valence-electron chi connectivity index (χ2n) is 7.16. The lowest BCUT2D eigenvalue weighted by molar-refractivity contribution is -0.274. The summed E-state index contributed by atoms with van der Waals surface area (Å²) in [6, 6.07) is 7.17. The number of ether oxygens (including phenoxy) is 3. The number of aromatic nitrogens is 1. The molecule has 2 aromatic carbocycles. The summed E-state index contributed by atoms with van der Waals surface area (Å²) in [5.41, 5.74) is 1.89. The Morgan fingerprint density at radius 3 is 2.62 bits per heavy atom. The highest BCUT2D eigenvalue weighted by Crippen LogP contribution is 2.33.